The fourth-order valence-corrected chi connectivity index (χ4v) is 5.66. The first-order chi connectivity index (χ1) is 13.4. The molecular formula is C25H33NO2. The minimum absolute atomic E-state index is 0.150. The van der Waals surface area contributed by atoms with Crippen molar-refractivity contribution in [1.82, 2.24) is 4.90 Å². The van der Waals surface area contributed by atoms with Gasteiger partial charge in [-0.3, -0.25) is 4.90 Å². The van der Waals surface area contributed by atoms with Gasteiger partial charge in [0.05, 0.1) is 12.7 Å². The fourth-order valence-electron chi connectivity index (χ4n) is 5.66. The molecule has 3 nitrogen and oxygen atoms in total. The van der Waals surface area contributed by atoms with Gasteiger partial charge in [0.25, 0.3) is 0 Å². The summed E-state index contributed by atoms with van der Waals surface area (Å²) in [5, 5.41) is 10.8. The summed E-state index contributed by atoms with van der Waals surface area (Å²) < 4.78 is 6.26. The quantitative estimate of drug-likeness (QED) is 0.750. The Labute approximate surface area is 169 Å². The predicted molar refractivity (Wildman–Crippen MR) is 113 cm³/mol. The maximum absolute atomic E-state index is 10.8. The number of piperidine rings is 1. The largest absolute Gasteiger partial charge is 0.389 e. The number of hydrogen-bond acceptors (Lipinski definition) is 3. The van der Waals surface area contributed by atoms with Gasteiger partial charge in [0, 0.05) is 18.1 Å². The van der Waals surface area contributed by atoms with Gasteiger partial charge in [-0.15, -0.1) is 0 Å². The molecule has 28 heavy (non-hydrogen) atoms. The van der Waals surface area contributed by atoms with Crippen LogP contribution in [0.4, 0.5) is 0 Å². The lowest BCUT2D eigenvalue weighted by molar-refractivity contribution is -0.160. The Kier molecular flexibility index (Phi) is 5.34. The van der Waals surface area contributed by atoms with Crippen LogP contribution < -0.4 is 0 Å². The van der Waals surface area contributed by atoms with Gasteiger partial charge in [-0.05, 0) is 42.7 Å². The Morgan fingerprint density at radius 1 is 0.964 bits per heavy atom. The molecule has 0 radical (unpaired) electrons. The van der Waals surface area contributed by atoms with Gasteiger partial charge in [-0.25, -0.2) is 0 Å². The van der Waals surface area contributed by atoms with E-state index in [9.17, 15) is 5.11 Å². The minimum atomic E-state index is -0.474. The lowest BCUT2D eigenvalue weighted by Gasteiger charge is -2.65. The summed E-state index contributed by atoms with van der Waals surface area (Å²) in [6, 6.07) is 21.2. The molecular weight excluding hydrogens is 346 g/mol. The first-order valence-corrected chi connectivity index (χ1v) is 10.5. The monoisotopic (exact) mass is 379 g/mol. The number of rotatable bonds is 7. The molecule has 3 fully saturated rings. The van der Waals surface area contributed by atoms with Crippen molar-refractivity contribution in [3.8, 4) is 0 Å². The first kappa shape index (κ1) is 19.6. The van der Waals surface area contributed by atoms with E-state index in [0.717, 1.165) is 11.1 Å². The van der Waals surface area contributed by atoms with Crippen molar-refractivity contribution in [2.45, 2.75) is 63.8 Å². The van der Waals surface area contributed by atoms with E-state index < -0.39 is 6.10 Å². The zero-order chi connectivity index (χ0) is 19.8. The maximum atomic E-state index is 10.8. The number of benzene rings is 2. The number of ether oxygens (including phenoxy) is 1. The zero-order valence-corrected chi connectivity index (χ0v) is 17.3. The highest BCUT2D eigenvalue weighted by Gasteiger charge is 2.56. The molecule has 0 aromatic heterocycles. The van der Waals surface area contributed by atoms with Gasteiger partial charge < -0.3 is 9.84 Å². The van der Waals surface area contributed by atoms with E-state index in [-0.39, 0.29) is 11.6 Å². The molecule has 0 spiro atoms. The molecule has 150 valence electrons. The molecule has 2 aromatic rings. The van der Waals surface area contributed by atoms with E-state index in [1.165, 1.54) is 19.3 Å². The second kappa shape index (κ2) is 7.62. The molecule has 0 amide bonds. The second-order valence-corrected chi connectivity index (χ2v) is 9.74. The zero-order valence-electron chi connectivity index (χ0n) is 17.3. The Morgan fingerprint density at radius 2 is 1.54 bits per heavy atom. The van der Waals surface area contributed by atoms with Crippen molar-refractivity contribution in [2.24, 2.45) is 5.41 Å². The Bertz CT molecular complexity index is 736. The Hall–Kier alpha value is -1.68. The van der Waals surface area contributed by atoms with E-state index in [4.69, 9.17) is 4.74 Å². The summed E-state index contributed by atoms with van der Waals surface area (Å²) in [5.41, 5.74) is 2.90. The van der Waals surface area contributed by atoms with Crippen molar-refractivity contribution in [1.29, 1.82) is 0 Å². The second-order valence-electron chi connectivity index (χ2n) is 9.74. The molecule has 2 saturated heterocycles. The highest BCUT2D eigenvalue weighted by molar-refractivity contribution is 5.29. The third-order valence-electron chi connectivity index (χ3n) is 6.52. The van der Waals surface area contributed by atoms with Crippen LogP contribution >= 0.6 is 0 Å². The third kappa shape index (κ3) is 4.03. The minimum Gasteiger partial charge on any atom is -0.389 e. The molecule has 5 rings (SSSR count). The van der Waals surface area contributed by atoms with Crippen molar-refractivity contribution < 1.29 is 9.84 Å². The number of aliphatic hydroxyl groups is 1. The smallest absolute Gasteiger partial charge is 0.108 e. The molecule has 1 N–H and O–H groups in total. The lowest BCUT2D eigenvalue weighted by atomic mass is 9.59. The number of nitrogens with zero attached hydrogens (tertiary/aromatic N) is 1. The summed E-state index contributed by atoms with van der Waals surface area (Å²) in [6.45, 7) is 8.15. The van der Waals surface area contributed by atoms with E-state index in [2.05, 4.69) is 49.9 Å². The molecule has 2 bridgehead atoms. The van der Waals surface area contributed by atoms with Gasteiger partial charge in [-0.1, -0.05) is 74.5 Å². The summed E-state index contributed by atoms with van der Waals surface area (Å²) in [6.07, 6.45) is 3.08. The standard InChI is InChI=1S/C25H33NO2/c1-24(2)14-21-15-25(3,18-24)26(21)16-22(27)17-28-23(19-10-6-4-7-11-19)20-12-8-5-9-13-20/h4-13,21-23,27H,14-18H2,1-3H3/t21-,22-,25-/m0/s1. The molecule has 2 heterocycles. The van der Waals surface area contributed by atoms with Gasteiger partial charge in [-0.2, -0.15) is 0 Å². The van der Waals surface area contributed by atoms with Crippen LogP contribution in [0.15, 0.2) is 60.7 Å². The summed E-state index contributed by atoms with van der Waals surface area (Å²) >= 11 is 0. The lowest BCUT2D eigenvalue weighted by Crippen LogP contribution is -2.71. The van der Waals surface area contributed by atoms with Crippen LogP contribution in [0.25, 0.3) is 0 Å². The Balaban J connectivity index is 1.39. The molecule has 2 aromatic carbocycles. The van der Waals surface area contributed by atoms with Crippen LogP contribution in [-0.4, -0.2) is 40.8 Å². The molecule has 1 aliphatic carbocycles. The summed E-state index contributed by atoms with van der Waals surface area (Å²) in [7, 11) is 0. The first-order valence-electron chi connectivity index (χ1n) is 10.5. The molecule has 0 unspecified atom stereocenters. The van der Waals surface area contributed by atoms with Gasteiger partial charge in [0.15, 0.2) is 0 Å². The fraction of sp³-hybridized carbons (Fsp3) is 0.520. The third-order valence-corrected chi connectivity index (χ3v) is 6.52. The van der Waals surface area contributed by atoms with Gasteiger partial charge >= 0.3 is 0 Å². The van der Waals surface area contributed by atoms with Crippen molar-refractivity contribution in [2.75, 3.05) is 13.2 Å². The molecule has 2 aliphatic heterocycles. The normalized spacial score (nSPS) is 27.4. The molecule has 3 heteroatoms. The topological polar surface area (TPSA) is 32.7 Å². The number of fused-ring (bicyclic) bond motifs is 2. The van der Waals surface area contributed by atoms with E-state index in [1.54, 1.807) is 0 Å². The van der Waals surface area contributed by atoms with Crippen LogP contribution in [0, 0.1) is 5.41 Å². The van der Waals surface area contributed by atoms with Crippen molar-refractivity contribution in [3.05, 3.63) is 71.8 Å². The van der Waals surface area contributed by atoms with E-state index in [1.807, 2.05) is 36.4 Å². The number of hydrogen-bond donors (Lipinski definition) is 1. The Morgan fingerprint density at radius 3 is 2.07 bits per heavy atom. The average Bonchev–Trinajstić information content (AvgIpc) is 2.66. The van der Waals surface area contributed by atoms with E-state index in [0.29, 0.717) is 24.6 Å². The number of aliphatic hydroxyl groups excluding tert-OH is 1. The highest BCUT2D eigenvalue weighted by Crippen LogP contribution is 2.54. The van der Waals surface area contributed by atoms with Crippen LogP contribution in [0.3, 0.4) is 0 Å². The molecule has 3 atom stereocenters. The number of β-amino-alcohol motifs (C(OH)–C–C–N with tert-alkyl or cyclic N) is 1. The van der Waals surface area contributed by atoms with Gasteiger partial charge in [0.1, 0.15) is 6.10 Å². The van der Waals surface area contributed by atoms with Crippen molar-refractivity contribution in [3.63, 3.8) is 0 Å². The molecule has 3 aliphatic rings. The predicted octanol–water partition coefficient (Wildman–Crippen LogP) is 4.81. The van der Waals surface area contributed by atoms with Crippen LogP contribution in [0.2, 0.25) is 0 Å². The van der Waals surface area contributed by atoms with Crippen LogP contribution in [0.5, 0.6) is 0 Å². The average molecular weight is 380 g/mol. The van der Waals surface area contributed by atoms with Crippen LogP contribution in [0.1, 0.15) is 57.3 Å². The van der Waals surface area contributed by atoms with Crippen LogP contribution in [-0.2, 0) is 4.74 Å². The van der Waals surface area contributed by atoms with Crippen molar-refractivity contribution >= 4 is 0 Å². The van der Waals surface area contributed by atoms with Gasteiger partial charge in [0.2, 0.25) is 0 Å². The molecule has 1 saturated carbocycles. The summed E-state index contributed by atoms with van der Waals surface area (Å²) in [5.74, 6) is 0. The maximum Gasteiger partial charge on any atom is 0.108 e. The van der Waals surface area contributed by atoms with E-state index >= 15 is 0 Å². The highest BCUT2D eigenvalue weighted by atomic mass is 16.5. The summed E-state index contributed by atoms with van der Waals surface area (Å²) in [4.78, 5) is 2.52. The SMILES string of the molecule is CC1(C)C[C@H]2C[C@@](C)(C1)N2C[C@H](O)COC(c1ccccc1)c1ccccc1.